The number of anilines is 1. The van der Waals surface area contributed by atoms with Gasteiger partial charge >= 0.3 is 5.97 Å². The molecular formula is C14H19N3O2. The average Bonchev–Trinajstić information content (AvgIpc) is 3.23. The van der Waals surface area contributed by atoms with Crippen molar-refractivity contribution in [1.29, 1.82) is 0 Å². The molecule has 1 N–H and O–H groups in total. The number of carboxylic acid groups (broad SMARTS) is 1. The molecule has 0 spiro atoms. The zero-order valence-electron chi connectivity index (χ0n) is 11.0. The van der Waals surface area contributed by atoms with E-state index >= 15 is 0 Å². The molecule has 1 saturated carbocycles. The minimum atomic E-state index is -0.742. The second kappa shape index (κ2) is 5.15. The van der Waals surface area contributed by atoms with Gasteiger partial charge in [-0.2, -0.15) is 0 Å². The summed E-state index contributed by atoms with van der Waals surface area (Å²) in [6, 6.07) is 0.486. The van der Waals surface area contributed by atoms with Gasteiger partial charge in [-0.15, -0.1) is 0 Å². The van der Waals surface area contributed by atoms with Crippen LogP contribution in [0.15, 0.2) is 6.33 Å². The van der Waals surface area contributed by atoms with E-state index in [9.17, 15) is 4.79 Å². The number of carbonyl (C=O) groups is 1. The Labute approximate surface area is 112 Å². The van der Waals surface area contributed by atoms with Crippen molar-refractivity contribution in [3.8, 4) is 0 Å². The largest absolute Gasteiger partial charge is 0.481 e. The summed E-state index contributed by atoms with van der Waals surface area (Å²) in [5.74, 6) is 0.252. The van der Waals surface area contributed by atoms with E-state index in [-0.39, 0.29) is 6.42 Å². The molecule has 0 aromatic carbocycles. The summed E-state index contributed by atoms with van der Waals surface area (Å²) in [6.45, 7) is 0.559. The summed E-state index contributed by atoms with van der Waals surface area (Å²) in [5, 5.41) is 8.89. The van der Waals surface area contributed by atoms with Crippen LogP contribution in [-0.4, -0.2) is 33.6 Å². The monoisotopic (exact) mass is 261 g/mol. The maximum atomic E-state index is 10.8. The fourth-order valence-corrected chi connectivity index (χ4v) is 2.82. The van der Waals surface area contributed by atoms with Crippen molar-refractivity contribution in [3.63, 3.8) is 0 Å². The summed E-state index contributed by atoms with van der Waals surface area (Å²) < 4.78 is 0. The summed E-state index contributed by atoms with van der Waals surface area (Å²) in [4.78, 5) is 21.8. The van der Waals surface area contributed by atoms with Gasteiger partial charge in [-0.05, 0) is 38.5 Å². The minimum absolute atomic E-state index is 0.176. The third kappa shape index (κ3) is 2.69. The Morgan fingerprint density at radius 2 is 2.11 bits per heavy atom. The molecule has 1 aromatic rings. The first-order valence-corrected chi connectivity index (χ1v) is 7.07. The van der Waals surface area contributed by atoms with Gasteiger partial charge in [-0.25, -0.2) is 9.97 Å². The number of aliphatic carboxylic acids is 1. The Balaban J connectivity index is 1.87. The van der Waals surface area contributed by atoms with Gasteiger partial charge in [0.1, 0.15) is 12.1 Å². The van der Waals surface area contributed by atoms with Crippen molar-refractivity contribution >= 4 is 11.8 Å². The summed E-state index contributed by atoms with van der Waals surface area (Å²) in [5.41, 5.74) is 2.42. The molecule has 5 nitrogen and oxygen atoms in total. The Morgan fingerprint density at radius 1 is 1.32 bits per heavy atom. The van der Waals surface area contributed by atoms with Gasteiger partial charge in [0.05, 0.1) is 6.42 Å². The molecule has 3 rings (SSSR count). The highest BCUT2D eigenvalue weighted by atomic mass is 16.4. The van der Waals surface area contributed by atoms with Crippen molar-refractivity contribution in [2.75, 3.05) is 11.4 Å². The first kappa shape index (κ1) is 12.4. The highest BCUT2D eigenvalue weighted by Crippen LogP contribution is 2.35. The number of hydrogen-bond acceptors (Lipinski definition) is 4. The number of carboxylic acids is 1. The van der Waals surface area contributed by atoms with E-state index in [0.29, 0.717) is 12.6 Å². The molecule has 1 aromatic heterocycles. The van der Waals surface area contributed by atoms with E-state index in [1.807, 2.05) is 0 Å². The maximum absolute atomic E-state index is 10.8. The Bertz CT molecular complexity index is 486. The number of nitrogens with zero attached hydrogens (tertiary/aromatic N) is 3. The standard InChI is InChI=1S/C14H19N3O2/c18-13(19)7-8-17(10-5-6-10)14-11-3-1-2-4-12(11)15-9-16-14/h9-10H,1-8H2,(H,18,19). The van der Waals surface area contributed by atoms with Gasteiger partial charge in [0.2, 0.25) is 0 Å². The molecular weight excluding hydrogens is 242 g/mol. The van der Waals surface area contributed by atoms with Gasteiger partial charge < -0.3 is 10.0 Å². The molecule has 0 unspecified atom stereocenters. The molecule has 1 fully saturated rings. The normalized spacial score (nSPS) is 17.9. The molecule has 0 radical (unpaired) electrons. The predicted octanol–water partition coefficient (Wildman–Crippen LogP) is 1.80. The number of fused-ring (bicyclic) bond motifs is 1. The number of aromatic nitrogens is 2. The zero-order chi connectivity index (χ0) is 13.2. The summed E-state index contributed by atoms with van der Waals surface area (Å²) >= 11 is 0. The van der Waals surface area contributed by atoms with Crippen molar-refractivity contribution in [2.45, 2.75) is 51.0 Å². The minimum Gasteiger partial charge on any atom is -0.481 e. The van der Waals surface area contributed by atoms with Crippen LogP contribution in [0.5, 0.6) is 0 Å². The van der Waals surface area contributed by atoms with E-state index in [1.165, 1.54) is 18.4 Å². The maximum Gasteiger partial charge on any atom is 0.305 e. The van der Waals surface area contributed by atoms with Crippen molar-refractivity contribution in [1.82, 2.24) is 9.97 Å². The molecule has 0 bridgehead atoms. The summed E-state index contributed by atoms with van der Waals surface area (Å²) in [7, 11) is 0. The van der Waals surface area contributed by atoms with Crippen molar-refractivity contribution in [3.05, 3.63) is 17.6 Å². The molecule has 5 heteroatoms. The lowest BCUT2D eigenvalue weighted by Crippen LogP contribution is -2.31. The van der Waals surface area contributed by atoms with Crippen molar-refractivity contribution in [2.24, 2.45) is 0 Å². The van der Waals surface area contributed by atoms with Gasteiger partial charge in [0, 0.05) is 23.8 Å². The first-order chi connectivity index (χ1) is 9.25. The smallest absolute Gasteiger partial charge is 0.305 e. The fourth-order valence-electron chi connectivity index (χ4n) is 2.82. The Morgan fingerprint density at radius 3 is 2.84 bits per heavy atom. The predicted molar refractivity (Wildman–Crippen MR) is 71.3 cm³/mol. The van der Waals surface area contributed by atoms with Crippen LogP contribution in [0.4, 0.5) is 5.82 Å². The van der Waals surface area contributed by atoms with Gasteiger partial charge in [0.25, 0.3) is 0 Å². The number of aryl methyl sites for hydroxylation is 1. The molecule has 102 valence electrons. The topological polar surface area (TPSA) is 66.3 Å². The molecule has 0 saturated heterocycles. The van der Waals surface area contributed by atoms with Crippen LogP contribution in [0.1, 0.15) is 43.4 Å². The highest BCUT2D eigenvalue weighted by Gasteiger charge is 2.32. The molecule has 2 aliphatic carbocycles. The number of rotatable bonds is 5. The van der Waals surface area contributed by atoms with Gasteiger partial charge in [0.15, 0.2) is 0 Å². The molecule has 2 aliphatic rings. The molecule has 0 amide bonds. The third-order valence-electron chi connectivity index (χ3n) is 3.93. The van der Waals surface area contributed by atoms with E-state index in [2.05, 4.69) is 14.9 Å². The molecule has 0 aliphatic heterocycles. The lowest BCUT2D eigenvalue weighted by atomic mass is 9.96. The first-order valence-electron chi connectivity index (χ1n) is 7.07. The van der Waals surface area contributed by atoms with Crippen LogP contribution in [0.3, 0.4) is 0 Å². The van der Waals surface area contributed by atoms with Gasteiger partial charge in [-0.1, -0.05) is 0 Å². The molecule has 19 heavy (non-hydrogen) atoms. The van der Waals surface area contributed by atoms with Crippen molar-refractivity contribution < 1.29 is 9.90 Å². The zero-order valence-corrected chi connectivity index (χ0v) is 11.0. The van der Waals surface area contributed by atoms with E-state index < -0.39 is 5.97 Å². The lowest BCUT2D eigenvalue weighted by Gasteiger charge is -2.27. The number of hydrogen-bond donors (Lipinski definition) is 1. The SMILES string of the molecule is O=C(O)CCN(c1ncnc2c1CCCC2)C1CC1. The third-order valence-corrected chi connectivity index (χ3v) is 3.93. The van der Waals surface area contributed by atoms with Crippen LogP contribution in [0, 0.1) is 0 Å². The molecule has 1 heterocycles. The Kier molecular flexibility index (Phi) is 3.36. The second-order valence-corrected chi connectivity index (χ2v) is 5.40. The van der Waals surface area contributed by atoms with Crippen LogP contribution in [0.25, 0.3) is 0 Å². The van der Waals surface area contributed by atoms with E-state index in [0.717, 1.165) is 37.2 Å². The van der Waals surface area contributed by atoms with Crippen LogP contribution in [0.2, 0.25) is 0 Å². The van der Waals surface area contributed by atoms with Crippen LogP contribution < -0.4 is 4.90 Å². The highest BCUT2D eigenvalue weighted by molar-refractivity contribution is 5.68. The lowest BCUT2D eigenvalue weighted by molar-refractivity contribution is -0.136. The van der Waals surface area contributed by atoms with Gasteiger partial charge in [-0.3, -0.25) is 4.79 Å². The second-order valence-electron chi connectivity index (χ2n) is 5.40. The Hall–Kier alpha value is -1.65. The van der Waals surface area contributed by atoms with Crippen LogP contribution >= 0.6 is 0 Å². The average molecular weight is 261 g/mol. The van der Waals surface area contributed by atoms with E-state index in [1.54, 1.807) is 6.33 Å². The fraction of sp³-hybridized carbons (Fsp3) is 0.643. The molecule has 0 atom stereocenters. The summed E-state index contributed by atoms with van der Waals surface area (Å²) in [6.07, 6.45) is 8.55. The quantitative estimate of drug-likeness (QED) is 0.875. The van der Waals surface area contributed by atoms with E-state index in [4.69, 9.17) is 5.11 Å². The van der Waals surface area contributed by atoms with Crippen LogP contribution in [-0.2, 0) is 17.6 Å².